The van der Waals surface area contributed by atoms with Crippen molar-refractivity contribution in [2.24, 2.45) is 0 Å². The molecule has 0 bridgehead atoms. The summed E-state index contributed by atoms with van der Waals surface area (Å²) in [6.07, 6.45) is 4.33. The monoisotopic (exact) mass is 401 g/mol. The first kappa shape index (κ1) is 18.9. The number of benzene rings is 2. The van der Waals surface area contributed by atoms with Crippen molar-refractivity contribution in [2.75, 3.05) is 18.4 Å². The highest BCUT2D eigenvalue weighted by atomic mass is 16.1. The number of likely N-dealkylation sites (tertiary alicyclic amines) is 1. The van der Waals surface area contributed by atoms with Crippen LogP contribution in [0.5, 0.6) is 0 Å². The number of carbonyl (C=O) groups is 1. The number of amides is 1. The Morgan fingerprint density at radius 2 is 1.77 bits per heavy atom. The number of fused-ring (bicyclic) bond motifs is 1. The number of nitrogens with one attached hydrogen (secondary N) is 3. The molecule has 6 nitrogen and oxygen atoms in total. The first-order chi connectivity index (χ1) is 14.7. The molecule has 0 unspecified atom stereocenters. The van der Waals surface area contributed by atoms with E-state index in [4.69, 9.17) is 0 Å². The highest BCUT2D eigenvalue weighted by Gasteiger charge is 2.38. The minimum Gasteiger partial charge on any atom is -0.379 e. The smallest absolute Gasteiger partial charge is 0.222 e. The minimum absolute atomic E-state index is 0.131. The van der Waals surface area contributed by atoms with E-state index in [9.17, 15) is 4.79 Å². The number of carbonyl (C=O) groups excluding carboxylic acids is 1. The topological polar surface area (TPSA) is 73.0 Å². The molecule has 5 rings (SSSR count). The SMILES string of the molecule is O=C1CC2(CCN(Cc3cn[nH]c3-c3ccccc3)CC2)Nc2ccccc2CN1. The van der Waals surface area contributed by atoms with E-state index in [1.807, 2.05) is 30.5 Å². The first-order valence-electron chi connectivity index (χ1n) is 10.6. The van der Waals surface area contributed by atoms with Gasteiger partial charge in [-0.3, -0.25) is 14.8 Å². The lowest BCUT2D eigenvalue weighted by Gasteiger charge is -2.44. The fraction of sp³-hybridized carbons (Fsp3) is 0.333. The Bertz CT molecular complexity index is 1020. The van der Waals surface area contributed by atoms with Gasteiger partial charge < -0.3 is 10.6 Å². The molecule has 0 atom stereocenters. The summed E-state index contributed by atoms with van der Waals surface area (Å²) in [4.78, 5) is 14.9. The number of hydrogen-bond acceptors (Lipinski definition) is 4. The molecular weight excluding hydrogens is 374 g/mol. The van der Waals surface area contributed by atoms with Crippen molar-refractivity contribution in [1.82, 2.24) is 20.4 Å². The fourth-order valence-corrected chi connectivity index (χ4v) is 4.66. The summed E-state index contributed by atoms with van der Waals surface area (Å²) in [6.45, 7) is 3.34. The molecule has 0 radical (unpaired) electrons. The fourth-order valence-electron chi connectivity index (χ4n) is 4.66. The molecule has 2 aliphatic rings. The summed E-state index contributed by atoms with van der Waals surface area (Å²) in [5, 5.41) is 14.3. The highest BCUT2D eigenvalue weighted by molar-refractivity contribution is 5.79. The largest absolute Gasteiger partial charge is 0.379 e. The molecule has 1 spiro atoms. The molecular formula is C24H27N5O. The molecule has 3 N–H and O–H groups in total. The number of aromatic nitrogens is 2. The number of para-hydroxylation sites is 1. The minimum atomic E-state index is -0.185. The molecule has 0 saturated carbocycles. The molecule has 30 heavy (non-hydrogen) atoms. The van der Waals surface area contributed by atoms with Crippen LogP contribution in [-0.4, -0.2) is 39.6 Å². The first-order valence-corrected chi connectivity index (χ1v) is 10.6. The van der Waals surface area contributed by atoms with E-state index in [1.54, 1.807) is 0 Å². The van der Waals surface area contributed by atoms with Crippen molar-refractivity contribution in [3.8, 4) is 11.3 Å². The van der Waals surface area contributed by atoms with Gasteiger partial charge in [0.1, 0.15) is 0 Å². The quantitative estimate of drug-likeness (QED) is 0.628. The summed E-state index contributed by atoms with van der Waals surface area (Å²) in [5.74, 6) is 0.131. The Balaban J connectivity index is 1.30. The van der Waals surface area contributed by atoms with Gasteiger partial charge in [0.05, 0.1) is 11.9 Å². The zero-order chi connectivity index (χ0) is 20.4. The van der Waals surface area contributed by atoms with E-state index in [0.717, 1.165) is 55.0 Å². The van der Waals surface area contributed by atoms with Gasteiger partial charge in [0, 0.05) is 49.4 Å². The van der Waals surface area contributed by atoms with Crippen LogP contribution < -0.4 is 10.6 Å². The van der Waals surface area contributed by atoms with Crippen molar-refractivity contribution in [3.05, 3.63) is 71.9 Å². The lowest BCUT2D eigenvalue weighted by atomic mass is 9.82. The molecule has 2 aromatic carbocycles. The van der Waals surface area contributed by atoms with Gasteiger partial charge in [0.25, 0.3) is 0 Å². The lowest BCUT2D eigenvalue weighted by molar-refractivity contribution is -0.122. The molecule has 154 valence electrons. The summed E-state index contributed by atoms with van der Waals surface area (Å²) in [5.41, 5.74) is 5.58. The predicted octanol–water partition coefficient (Wildman–Crippen LogP) is 3.54. The molecule has 1 aromatic heterocycles. The molecule has 0 aliphatic carbocycles. The number of H-pyrrole nitrogens is 1. The van der Waals surface area contributed by atoms with Gasteiger partial charge in [-0.1, -0.05) is 48.5 Å². The maximum absolute atomic E-state index is 12.5. The molecule has 3 heterocycles. The number of nitrogens with zero attached hydrogens (tertiary/aromatic N) is 2. The second-order valence-corrected chi connectivity index (χ2v) is 8.43. The summed E-state index contributed by atoms with van der Waals surface area (Å²) in [7, 11) is 0. The van der Waals surface area contributed by atoms with Crippen LogP contribution >= 0.6 is 0 Å². The predicted molar refractivity (Wildman–Crippen MR) is 118 cm³/mol. The van der Waals surface area contributed by atoms with E-state index < -0.39 is 0 Å². The highest BCUT2D eigenvalue weighted by Crippen LogP contribution is 2.34. The number of hydrogen-bond donors (Lipinski definition) is 3. The Morgan fingerprint density at radius 1 is 1.00 bits per heavy atom. The lowest BCUT2D eigenvalue weighted by Crippen LogP contribution is -2.52. The number of piperidine rings is 1. The molecule has 1 saturated heterocycles. The van der Waals surface area contributed by atoms with E-state index in [-0.39, 0.29) is 11.4 Å². The van der Waals surface area contributed by atoms with Gasteiger partial charge in [-0.05, 0) is 30.0 Å². The van der Waals surface area contributed by atoms with Crippen LogP contribution in [0.3, 0.4) is 0 Å². The third-order valence-electron chi connectivity index (χ3n) is 6.38. The summed E-state index contributed by atoms with van der Waals surface area (Å²) in [6, 6.07) is 18.6. The van der Waals surface area contributed by atoms with Crippen LogP contribution in [0.15, 0.2) is 60.8 Å². The Hall–Kier alpha value is -3.12. The van der Waals surface area contributed by atoms with Crippen molar-refractivity contribution < 1.29 is 4.79 Å². The average Bonchev–Trinajstić information content (AvgIpc) is 3.22. The molecule has 6 heteroatoms. The van der Waals surface area contributed by atoms with E-state index >= 15 is 0 Å². The van der Waals surface area contributed by atoms with Crippen molar-refractivity contribution in [1.29, 1.82) is 0 Å². The number of aromatic amines is 1. The maximum Gasteiger partial charge on any atom is 0.222 e. The Labute approximate surface area is 176 Å². The van der Waals surface area contributed by atoms with E-state index in [2.05, 4.69) is 56.1 Å². The Morgan fingerprint density at radius 3 is 2.60 bits per heavy atom. The van der Waals surface area contributed by atoms with Crippen molar-refractivity contribution in [2.45, 2.75) is 37.9 Å². The van der Waals surface area contributed by atoms with Crippen LogP contribution in [0.4, 0.5) is 5.69 Å². The van der Waals surface area contributed by atoms with Crippen molar-refractivity contribution >= 4 is 11.6 Å². The van der Waals surface area contributed by atoms with Gasteiger partial charge in [-0.25, -0.2) is 0 Å². The standard InChI is InChI=1S/C24H27N5O/c30-22-14-24(27-21-9-5-4-8-19(21)15-25-22)10-12-29(13-11-24)17-20-16-26-28-23(20)18-6-2-1-3-7-18/h1-9,16,27H,10-15,17H2,(H,25,30)(H,26,28). The zero-order valence-electron chi connectivity index (χ0n) is 17.0. The zero-order valence-corrected chi connectivity index (χ0v) is 17.0. The summed E-state index contributed by atoms with van der Waals surface area (Å²) < 4.78 is 0. The molecule has 1 fully saturated rings. The third-order valence-corrected chi connectivity index (χ3v) is 6.38. The Kier molecular flexibility index (Phi) is 5.01. The van der Waals surface area contributed by atoms with Crippen LogP contribution in [-0.2, 0) is 17.9 Å². The van der Waals surface area contributed by atoms with Crippen LogP contribution in [0.25, 0.3) is 11.3 Å². The van der Waals surface area contributed by atoms with Gasteiger partial charge in [0.15, 0.2) is 0 Å². The second-order valence-electron chi connectivity index (χ2n) is 8.43. The van der Waals surface area contributed by atoms with E-state index in [0.29, 0.717) is 13.0 Å². The normalized spacial score (nSPS) is 18.7. The summed E-state index contributed by atoms with van der Waals surface area (Å²) >= 11 is 0. The van der Waals surface area contributed by atoms with E-state index in [1.165, 1.54) is 5.56 Å². The van der Waals surface area contributed by atoms with Crippen LogP contribution in [0.1, 0.15) is 30.4 Å². The van der Waals surface area contributed by atoms with Crippen molar-refractivity contribution in [3.63, 3.8) is 0 Å². The second kappa shape index (κ2) is 7.95. The van der Waals surface area contributed by atoms with Gasteiger partial charge >= 0.3 is 0 Å². The number of rotatable bonds is 3. The van der Waals surface area contributed by atoms with Gasteiger partial charge in [-0.15, -0.1) is 0 Å². The third kappa shape index (κ3) is 3.83. The average molecular weight is 402 g/mol. The molecule has 3 aromatic rings. The molecule has 1 amide bonds. The number of anilines is 1. The molecule has 2 aliphatic heterocycles. The van der Waals surface area contributed by atoms with Gasteiger partial charge in [-0.2, -0.15) is 5.10 Å². The maximum atomic E-state index is 12.5. The van der Waals surface area contributed by atoms with Gasteiger partial charge in [0.2, 0.25) is 5.91 Å². The van der Waals surface area contributed by atoms with Crippen LogP contribution in [0.2, 0.25) is 0 Å². The van der Waals surface area contributed by atoms with Crippen LogP contribution in [0, 0.1) is 0 Å².